The normalized spacial score (nSPS) is 15.7. The molecular formula is C13H15ClN4OS. The zero-order valence-corrected chi connectivity index (χ0v) is 12.7. The molecule has 0 bridgehead atoms. The summed E-state index contributed by atoms with van der Waals surface area (Å²) in [5.41, 5.74) is 0.637. The Morgan fingerprint density at radius 1 is 1.35 bits per heavy atom. The summed E-state index contributed by atoms with van der Waals surface area (Å²) in [5.74, 6) is 0.0400. The molecule has 5 nitrogen and oxygen atoms in total. The van der Waals surface area contributed by atoms with E-state index < -0.39 is 0 Å². The molecular weight excluding hydrogens is 296 g/mol. The van der Waals surface area contributed by atoms with E-state index in [1.807, 2.05) is 23.5 Å². The van der Waals surface area contributed by atoms with Gasteiger partial charge in [0.15, 0.2) is 5.13 Å². The first kappa shape index (κ1) is 13.5. The summed E-state index contributed by atoms with van der Waals surface area (Å²) >= 11 is 7.56. The van der Waals surface area contributed by atoms with Gasteiger partial charge in [-0.2, -0.15) is 0 Å². The average Bonchev–Trinajstić information content (AvgIpc) is 3.08. The van der Waals surface area contributed by atoms with Gasteiger partial charge in [0.05, 0.1) is 5.02 Å². The molecule has 2 aromatic heterocycles. The lowest BCUT2D eigenvalue weighted by Crippen LogP contribution is -2.49. The van der Waals surface area contributed by atoms with Crippen molar-refractivity contribution in [1.82, 2.24) is 14.5 Å². The maximum atomic E-state index is 12.4. The van der Waals surface area contributed by atoms with Gasteiger partial charge >= 0.3 is 0 Å². The molecule has 0 N–H and O–H groups in total. The van der Waals surface area contributed by atoms with Gasteiger partial charge in [0.2, 0.25) is 0 Å². The number of rotatable bonds is 2. The summed E-state index contributed by atoms with van der Waals surface area (Å²) in [7, 11) is 1.84. The van der Waals surface area contributed by atoms with Crippen LogP contribution in [0.15, 0.2) is 23.8 Å². The van der Waals surface area contributed by atoms with Crippen LogP contribution in [0, 0.1) is 0 Å². The molecule has 2 aromatic rings. The minimum absolute atomic E-state index is 0.0400. The van der Waals surface area contributed by atoms with Gasteiger partial charge in [-0.05, 0) is 6.07 Å². The number of hydrogen-bond donors (Lipinski definition) is 0. The van der Waals surface area contributed by atoms with Crippen LogP contribution >= 0.6 is 22.9 Å². The predicted molar refractivity (Wildman–Crippen MR) is 80.7 cm³/mol. The zero-order chi connectivity index (χ0) is 14.1. The molecule has 0 radical (unpaired) electrons. The molecule has 0 aromatic carbocycles. The number of piperazine rings is 1. The summed E-state index contributed by atoms with van der Waals surface area (Å²) in [5, 5.41) is 3.59. The van der Waals surface area contributed by atoms with Crippen LogP contribution in [-0.2, 0) is 7.05 Å². The van der Waals surface area contributed by atoms with Crippen molar-refractivity contribution in [2.24, 2.45) is 7.05 Å². The topological polar surface area (TPSA) is 41.4 Å². The van der Waals surface area contributed by atoms with E-state index in [-0.39, 0.29) is 5.91 Å². The molecule has 1 aliphatic heterocycles. The van der Waals surface area contributed by atoms with Crippen molar-refractivity contribution in [3.05, 3.63) is 34.6 Å². The fourth-order valence-corrected chi connectivity index (χ4v) is 3.32. The molecule has 3 heterocycles. The minimum Gasteiger partial charge on any atom is -0.345 e. The van der Waals surface area contributed by atoms with Crippen molar-refractivity contribution in [2.75, 3.05) is 31.1 Å². The van der Waals surface area contributed by atoms with Crippen LogP contribution in [0.3, 0.4) is 0 Å². The molecule has 3 rings (SSSR count). The number of aryl methyl sites for hydroxylation is 1. The fourth-order valence-electron chi connectivity index (χ4n) is 2.37. The Morgan fingerprint density at radius 3 is 2.65 bits per heavy atom. The van der Waals surface area contributed by atoms with Crippen molar-refractivity contribution >= 4 is 34.0 Å². The molecule has 1 fully saturated rings. The zero-order valence-electron chi connectivity index (χ0n) is 11.1. The molecule has 7 heteroatoms. The molecule has 0 spiro atoms. The maximum absolute atomic E-state index is 12.4. The van der Waals surface area contributed by atoms with Crippen LogP contribution in [0.2, 0.25) is 5.02 Å². The van der Waals surface area contributed by atoms with E-state index in [1.54, 1.807) is 28.2 Å². The summed E-state index contributed by atoms with van der Waals surface area (Å²) in [6.07, 6.45) is 3.56. The lowest BCUT2D eigenvalue weighted by Gasteiger charge is -2.34. The molecule has 0 atom stereocenters. The van der Waals surface area contributed by atoms with E-state index in [4.69, 9.17) is 11.6 Å². The van der Waals surface area contributed by atoms with Gasteiger partial charge in [0, 0.05) is 51.0 Å². The van der Waals surface area contributed by atoms with E-state index in [0.717, 1.165) is 18.2 Å². The lowest BCUT2D eigenvalue weighted by atomic mass is 10.3. The number of carbonyl (C=O) groups is 1. The number of halogens is 1. The van der Waals surface area contributed by atoms with Gasteiger partial charge in [-0.1, -0.05) is 11.6 Å². The number of amides is 1. The minimum atomic E-state index is 0.0400. The molecule has 1 saturated heterocycles. The average molecular weight is 311 g/mol. The Kier molecular flexibility index (Phi) is 3.67. The first-order valence-corrected chi connectivity index (χ1v) is 7.66. The maximum Gasteiger partial charge on any atom is 0.270 e. The number of aromatic nitrogens is 2. The summed E-state index contributed by atoms with van der Waals surface area (Å²) in [6.45, 7) is 3.05. The Morgan fingerprint density at radius 2 is 2.10 bits per heavy atom. The SMILES string of the molecule is Cn1cc(Cl)cc1C(=O)N1CCN(c2nccs2)CC1. The second kappa shape index (κ2) is 5.46. The van der Waals surface area contributed by atoms with Crippen molar-refractivity contribution in [3.8, 4) is 0 Å². The molecule has 106 valence electrons. The molecule has 0 aliphatic carbocycles. The van der Waals surface area contributed by atoms with Crippen LogP contribution in [0.1, 0.15) is 10.5 Å². The molecule has 0 unspecified atom stereocenters. The molecule has 0 saturated carbocycles. The van der Waals surface area contributed by atoms with Crippen molar-refractivity contribution in [3.63, 3.8) is 0 Å². The molecule has 20 heavy (non-hydrogen) atoms. The summed E-state index contributed by atoms with van der Waals surface area (Å²) in [4.78, 5) is 20.8. The van der Waals surface area contributed by atoms with Crippen molar-refractivity contribution in [1.29, 1.82) is 0 Å². The highest BCUT2D eigenvalue weighted by molar-refractivity contribution is 7.13. The van der Waals surface area contributed by atoms with Crippen LogP contribution in [0.25, 0.3) is 0 Å². The summed E-state index contributed by atoms with van der Waals surface area (Å²) in [6, 6.07) is 1.72. The van der Waals surface area contributed by atoms with Crippen LogP contribution < -0.4 is 4.90 Å². The van der Waals surface area contributed by atoms with Crippen LogP contribution in [0.5, 0.6) is 0 Å². The van der Waals surface area contributed by atoms with E-state index in [0.29, 0.717) is 23.8 Å². The number of hydrogen-bond acceptors (Lipinski definition) is 4. The third-order valence-electron chi connectivity index (χ3n) is 3.45. The second-order valence-electron chi connectivity index (χ2n) is 4.75. The Bertz CT molecular complexity index is 602. The van der Waals surface area contributed by atoms with Gasteiger partial charge in [0.25, 0.3) is 5.91 Å². The van der Waals surface area contributed by atoms with Crippen molar-refractivity contribution in [2.45, 2.75) is 0 Å². The van der Waals surface area contributed by atoms with Crippen LogP contribution in [-0.4, -0.2) is 46.5 Å². The highest BCUT2D eigenvalue weighted by atomic mass is 35.5. The predicted octanol–water partition coefficient (Wildman–Crippen LogP) is 2.10. The second-order valence-corrected chi connectivity index (χ2v) is 6.06. The monoisotopic (exact) mass is 310 g/mol. The van der Waals surface area contributed by atoms with Gasteiger partial charge < -0.3 is 14.4 Å². The van der Waals surface area contributed by atoms with Gasteiger partial charge in [-0.25, -0.2) is 4.98 Å². The number of carbonyl (C=O) groups excluding carboxylic acids is 1. The third kappa shape index (κ3) is 2.53. The number of thiazole rings is 1. The van der Waals surface area contributed by atoms with E-state index in [2.05, 4.69) is 9.88 Å². The smallest absolute Gasteiger partial charge is 0.270 e. The van der Waals surface area contributed by atoms with Crippen molar-refractivity contribution < 1.29 is 4.79 Å². The van der Waals surface area contributed by atoms with Crippen LogP contribution in [0.4, 0.5) is 5.13 Å². The fraction of sp³-hybridized carbons (Fsp3) is 0.385. The Balaban J connectivity index is 1.66. The van der Waals surface area contributed by atoms with Gasteiger partial charge in [0.1, 0.15) is 5.69 Å². The van der Waals surface area contributed by atoms with E-state index in [1.165, 1.54) is 0 Å². The van der Waals surface area contributed by atoms with E-state index >= 15 is 0 Å². The largest absolute Gasteiger partial charge is 0.345 e. The van der Waals surface area contributed by atoms with Gasteiger partial charge in [-0.15, -0.1) is 11.3 Å². The lowest BCUT2D eigenvalue weighted by molar-refractivity contribution is 0.0737. The third-order valence-corrected chi connectivity index (χ3v) is 4.49. The van der Waals surface area contributed by atoms with E-state index in [9.17, 15) is 4.79 Å². The molecule has 1 amide bonds. The number of anilines is 1. The quantitative estimate of drug-likeness (QED) is 0.853. The Hall–Kier alpha value is -1.53. The highest BCUT2D eigenvalue weighted by Crippen LogP contribution is 2.20. The molecule has 1 aliphatic rings. The first-order chi connectivity index (χ1) is 9.65. The van der Waals surface area contributed by atoms with Gasteiger partial charge in [-0.3, -0.25) is 4.79 Å². The summed E-state index contributed by atoms with van der Waals surface area (Å²) < 4.78 is 1.78. The first-order valence-electron chi connectivity index (χ1n) is 6.41. The number of nitrogens with zero attached hydrogens (tertiary/aromatic N) is 4. The highest BCUT2D eigenvalue weighted by Gasteiger charge is 2.24. The Labute approximate surface area is 126 Å². The standard InChI is InChI=1S/C13H15ClN4OS/c1-16-9-10(14)8-11(16)12(19)17-3-5-18(6-4-17)13-15-2-7-20-13/h2,7-9H,3-6H2,1H3.